The zero-order valence-electron chi connectivity index (χ0n) is 19.6. The van der Waals surface area contributed by atoms with E-state index in [1.807, 2.05) is 0 Å². The zero-order chi connectivity index (χ0) is 25.5. The third-order valence-corrected chi connectivity index (χ3v) is 5.24. The SMILES string of the molecule is CC(C)(C)OC(=O)C[C@H](NC(=O)CNC1CCCCC1)C(O)COc1c(F)c(F)cc(F)c1F. The van der Waals surface area contributed by atoms with E-state index in [1.54, 1.807) is 20.8 Å². The van der Waals surface area contributed by atoms with Gasteiger partial charge in [-0.05, 0) is 33.6 Å². The maximum absolute atomic E-state index is 13.8. The lowest BCUT2D eigenvalue weighted by Gasteiger charge is -2.27. The van der Waals surface area contributed by atoms with Crippen LogP contribution >= 0.6 is 0 Å². The minimum Gasteiger partial charge on any atom is -0.485 e. The van der Waals surface area contributed by atoms with Crippen LogP contribution in [0, 0.1) is 23.3 Å². The van der Waals surface area contributed by atoms with Crippen molar-refractivity contribution in [3.05, 3.63) is 29.3 Å². The number of aliphatic hydroxyl groups is 1. The van der Waals surface area contributed by atoms with Crippen molar-refractivity contribution in [3.8, 4) is 5.75 Å². The maximum atomic E-state index is 13.8. The van der Waals surface area contributed by atoms with Gasteiger partial charge >= 0.3 is 5.97 Å². The number of rotatable bonds is 10. The van der Waals surface area contributed by atoms with E-state index in [0.29, 0.717) is 0 Å². The van der Waals surface area contributed by atoms with Crippen molar-refractivity contribution in [1.29, 1.82) is 0 Å². The summed E-state index contributed by atoms with van der Waals surface area (Å²) in [6, 6.07) is -1.04. The smallest absolute Gasteiger partial charge is 0.308 e. The average molecular weight is 493 g/mol. The summed E-state index contributed by atoms with van der Waals surface area (Å²) in [4.78, 5) is 24.7. The first-order chi connectivity index (χ1) is 15.9. The van der Waals surface area contributed by atoms with Gasteiger partial charge in [-0.25, -0.2) is 8.78 Å². The molecule has 0 saturated heterocycles. The molecule has 3 N–H and O–H groups in total. The van der Waals surface area contributed by atoms with Crippen LogP contribution in [0.25, 0.3) is 0 Å². The van der Waals surface area contributed by atoms with Crippen molar-refractivity contribution in [2.75, 3.05) is 13.2 Å². The lowest BCUT2D eigenvalue weighted by molar-refractivity contribution is -0.156. The van der Waals surface area contributed by atoms with Crippen LogP contribution in [-0.2, 0) is 14.3 Å². The molecule has 0 aromatic heterocycles. The number of esters is 1. The molecule has 1 fully saturated rings. The molecular weight excluding hydrogens is 460 g/mol. The van der Waals surface area contributed by atoms with E-state index in [9.17, 15) is 32.3 Å². The molecule has 2 rings (SSSR count). The lowest BCUT2D eigenvalue weighted by Crippen LogP contribution is -2.50. The Bertz CT molecular complexity index is 830. The van der Waals surface area contributed by atoms with E-state index >= 15 is 0 Å². The quantitative estimate of drug-likeness (QED) is 0.264. The molecule has 1 aromatic carbocycles. The summed E-state index contributed by atoms with van der Waals surface area (Å²) in [5.74, 6) is -9.49. The fraction of sp³-hybridized carbons (Fsp3) is 0.652. The summed E-state index contributed by atoms with van der Waals surface area (Å²) in [5.41, 5.74) is -0.832. The van der Waals surface area contributed by atoms with Crippen molar-refractivity contribution < 1.29 is 41.7 Å². The van der Waals surface area contributed by atoms with Crippen LogP contribution in [0.5, 0.6) is 5.75 Å². The summed E-state index contributed by atoms with van der Waals surface area (Å²) in [5, 5.41) is 16.1. The van der Waals surface area contributed by atoms with E-state index in [4.69, 9.17) is 9.47 Å². The van der Waals surface area contributed by atoms with Crippen LogP contribution in [0.4, 0.5) is 17.6 Å². The van der Waals surface area contributed by atoms with Gasteiger partial charge in [0.2, 0.25) is 17.5 Å². The molecule has 11 heteroatoms. The zero-order valence-corrected chi connectivity index (χ0v) is 19.6. The molecule has 2 atom stereocenters. The fourth-order valence-electron chi connectivity index (χ4n) is 3.61. The van der Waals surface area contributed by atoms with Crippen molar-refractivity contribution in [2.24, 2.45) is 0 Å². The first kappa shape index (κ1) is 27.8. The van der Waals surface area contributed by atoms with Gasteiger partial charge in [0.15, 0.2) is 17.4 Å². The van der Waals surface area contributed by atoms with Gasteiger partial charge in [-0.15, -0.1) is 0 Å². The molecule has 0 heterocycles. The highest BCUT2D eigenvalue weighted by molar-refractivity contribution is 5.79. The topological polar surface area (TPSA) is 96.9 Å². The average Bonchev–Trinajstić information content (AvgIpc) is 2.75. The predicted octanol–water partition coefficient (Wildman–Crippen LogP) is 3.12. The Kier molecular flexibility index (Phi) is 10.1. The van der Waals surface area contributed by atoms with E-state index in [0.717, 1.165) is 32.1 Å². The third kappa shape index (κ3) is 8.75. The maximum Gasteiger partial charge on any atom is 0.308 e. The first-order valence-electron chi connectivity index (χ1n) is 11.3. The molecule has 1 aliphatic rings. The normalized spacial score (nSPS) is 16.6. The molecule has 1 saturated carbocycles. The Labute approximate surface area is 196 Å². The van der Waals surface area contributed by atoms with Gasteiger partial charge < -0.3 is 25.2 Å². The summed E-state index contributed by atoms with van der Waals surface area (Å²) in [6.07, 6.45) is 3.01. The van der Waals surface area contributed by atoms with Crippen molar-refractivity contribution in [2.45, 2.75) is 83.1 Å². The Balaban J connectivity index is 2.05. The van der Waals surface area contributed by atoms with E-state index in [-0.39, 0.29) is 18.7 Å². The molecule has 0 spiro atoms. The van der Waals surface area contributed by atoms with Gasteiger partial charge in [0.25, 0.3) is 0 Å². The molecule has 1 unspecified atom stereocenters. The monoisotopic (exact) mass is 492 g/mol. The summed E-state index contributed by atoms with van der Waals surface area (Å²) in [7, 11) is 0. The highest BCUT2D eigenvalue weighted by atomic mass is 19.2. The number of hydrogen-bond donors (Lipinski definition) is 3. The van der Waals surface area contributed by atoms with Crippen molar-refractivity contribution in [3.63, 3.8) is 0 Å². The Morgan fingerprint density at radius 2 is 1.68 bits per heavy atom. The molecule has 1 amide bonds. The summed E-state index contributed by atoms with van der Waals surface area (Å²) < 4.78 is 64.5. The fourth-order valence-corrected chi connectivity index (χ4v) is 3.61. The molecule has 1 aromatic rings. The van der Waals surface area contributed by atoms with Gasteiger partial charge in [-0.3, -0.25) is 9.59 Å². The van der Waals surface area contributed by atoms with Gasteiger partial charge in [-0.1, -0.05) is 19.3 Å². The first-order valence-corrected chi connectivity index (χ1v) is 11.3. The van der Waals surface area contributed by atoms with Crippen molar-refractivity contribution in [1.82, 2.24) is 10.6 Å². The van der Waals surface area contributed by atoms with Crippen LogP contribution < -0.4 is 15.4 Å². The lowest BCUT2D eigenvalue weighted by atomic mass is 9.95. The largest absolute Gasteiger partial charge is 0.485 e. The van der Waals surface area contributed by atoms with E-state index < -0.39 is 71.7 Å². The second-order valence-corrected chi connectivity index (χ2v) is 9.36. The minimum atomic E-state index is -1.77. The second-order valence-electron chi connectivity index (χ2n) is 9.36. The van der Waals surface area contributed by atoms with Gasteiger partial charge in [0, 0.05) is 12.1 Å². The number of nitrogens with one attached hydrogen (secondary N) is 2. The number of carbonyl (C=O) groups excluding carboxylic acids is 2. The van der Waals surface area contributed by atoms with E-state index in [2.05, 4.69) is 10.6 Å². The van der Waals surface area contributed by atoms with Gasteiger partial charge in [0.05, 0.1) is 19.0 Å². The number of halogens is 4. The number of aliphatic hydroxyl groups excluding tert-OH is 1. The molecule has 0 aliphatic heterocycles. The standard InChI is InChI=1S/C23H32F4N2O5/c1-23(2,3)34-19(32)10-16(29-18(31)11-28-13-7-5-4-6-8-13)17(30)12-33-22-20(26)14(24)9-15(25)21(22)27/h9,13,16-17,28,30H,4-8,10-12H2,1-3H3,(H,29,31)/t16-,17?/m0/s1. The number of hydrogen-bond acceptors (Lipinski definition) is 6. The highest BCUT2D eigenvalue weighted by Gasteiger charge is 2.29. The molecule has 7 nitrogen and oxygen atoms in total. The van der Waals surface area contributed by atoms with Gasteiger partial charge in [-0.2, -0.15) is 8.78 Å². The molecule has 192 valence electrons. The minimum absolute atomic E-state index is 0.0266. The summed E-state index contributed by atoms with van der Waals surface area (Å²) in [6.45, 7) is 3.98. The van der Waals surface area contributed by atoms with E-state index in [1.165, 1.54) is 0 Å². The predicted molar refractivity (Wildman–Crippen MR) is 115 cm³/mol. The second kappa shape index (κ2) is 12.3. The van der Waals surface area contributed by atoms with Crippen molar-refractivity contribution >= 4 is 11.9 Å². The molecular formula is C23H32F4N2O5. The Morgan fingerprint density at radius 3 is 2.24 bits per heavy atom. The Morgan fingerprint density at radius 1 is 1.09 bits per heavy atom. The van der Waals surface area contributed by atoms with Crippen LogP contribution in [0.15, 0.2) is 6.07 Å². The Hall–Kier alpha value is -2.40. The number of carbonyl (C=O) groups is 2. The molecule has 34 heavy (non-hydrogen) atoms. The number of benzene rings is 1. The third-order valence-electron chi connectivity index (χ3n) is 5.24. The van der Waals surface area contributed by atoms with Gasteiger partial charge in [0.1, 0.15) is 18.3 Å². The number of amides is 1. The number of ether oxygens (including phenoxy) is 2. The molecule has 1 aliphatic carbocycles. The molecule has 0 radical (unpaired) electrons. The van der Waals surface area contributed by atoms with Crippen LogP contribution in [0.2, 0.25) is 0 Å². The highest BCUT2D eigenvalue weighted by Crippen LogP contribution is 2.26. The van der Waals surface area contributed by atoms with Crippen LogP contribution in [0.1, 0.15) is 59.3 Å². The summed E-state index contributed by atoms with van der Waals surface area (Å²) >= 11 is 0. The van der Waals surface area contributed by atoms with Crippen LogP contribution in [-0.4, -0.2) is 53.9 Å². The van der Waals surface area contributed by atoms with Crippen LogP contribution in [0.3, 0.4) is 0 Å². The molecule has 0 bridgehead atoms.